The molecule has 1 heterocycles. The number of benzene rings is 2. The van der Waals surface area contributed by atoms with Crippen molar-refractivity contribution in [2.24, 2.45) is 9.98 Å². The largest absolute Gasteiger partial charge is 0.493 e. The molecule has 0 atom stereocenters. The van der Waals surface area contributed by atoms with Gasteiger partial charge < -0.3 is 5.11 Å². The summed E-state index contributed by atoms with van der Waals surface area (Å²) in [5.41, 5.74) is 4.06. The van der Waals surface area contributed by atoms with E-state index in [1.807, 2.05) is 69.3 Å². The van der Waals surface area contributed by atoms with Crippen molar-refractivity contribution in [3.63, 3.8) is 0 Å². The number of aromatic hydroxyl groups is 1. The van der Waals surface area contributed by atoms with Crippen molar-refractivity contribution in [3.05, 3.63) is 69.3 Å². The fraction of sp³-hybridized carbons (Fsp3) is 0.200. The molecule has 0 bridgehead atoms. The molecule has 0 unspecified atom stereocenters. The summed E-state index contributed by atoms with van der Waals surface area (Å²) in [7, 11) is 0. The molecule has 3 aromatic rings. The lowest BCUT2D eigenvalue weighted by Crippen LogP contribution is -2.12. The summed E-state index contributed by atoms with van der Waals surface area (Å²) < 4.78 is 1.80. The number of aromatic nitrogens is 1. The summed E-state index contributed by atoms with van der Waals surface area (Å²) in [6, 6.07) is 16.0. The molecule has 0 fully saturated rings. The Balaban J connectivity index is 2.01. The van der Waals surface area contributed by atoms with Crippen molar-refractivity contribution in [2.75, 3.05) is 0 Å². The molecule has 0 saturated heterocycles. The lowest BCUT2D eigenvalue weighted by Gasteiger charge is -2.00. The van der Waals surface area contributed by atoms with E-state index in [1.54, 1.807) is 10.8 Å². The Kier molecular flexibility index (Phi) is 5.14. The van der Waals surface area contributed by atoms with Gasteiger partial charge in [0.15, 0.2) is 4.80 Å². The maximum absolute atomic E-state index is 10.5. The topological polar surface area (TPSA) is 49.9 Å². The monoisotopic (exact) mass is 351 g/mol. The Hall–Kier alpha value is -2.66. The third-order valence-electron chi connectivity index (χ3n) is 3.78. The van der Waals surface area contributed by atoms with E-state index in [2.05, 4.69) is 9.98 Å². The number of aryl methyl sites for hydroxylation is 2. The minimum Gasteiger partial charge on any atom is -0.493 e. The Morgan fingerprint density at radius 2 is 1.68 bits per heavy atom. The van der Waals surface area contributed by atoms with Crippen molar-refractivity contribution in [1.29, 1.82) is 0 Å². The average molecular weight is 351 g/mol. The predicted octanol–water partition coefficient (Wildman–Crippen LogP) is 4.87. The highest BCUT2D eigenvalue weighted by Crippen LogP contribution is 2.21. The number of hydrogen-bond acceptors (Lipinski definition) is 4. The van der Waals surface area contributed by atoms with E-state index in [-0.39, 0.29) is 5.88 Å². The standard InChI is InChI=1S/C20H21N3OS/c1-4-23-19(24)18(13-21-16-9-5-7-14(2)11-16)25-20(23)22-17-10-6-8-15(3)12-17/h5-13,24H,4H2,1-3H3. The van der Waals surface area contributed by atoms with Gasteiger partial charge in [-0.05, 0) is 56.2 Å². The van der Waals surface area contributed by atoms with Gasteiger partial charge in [-0.1, -0.05) is 35.6 Å². The van der Waals surface area contributed by atoms with Gasteiger partial charge in [0.05, 0.1) is 17.6 Å². The molecule has 0 aliphatic rings. The quantitative estimate of drug-likeness (QED) is 0.670. The van der Waals surface area contributed by atoms with Crippen LogP contribution in [-0.4, -0.2) is 15.9 Å². The first-order chi connectivity index (χ1) is 12.1. The molecule has 2 aromatic carbocycles. The van der Waals surface area contributed by atoms with E-state index < -0.39 is 0 Å². The van der Waals surface area contributed by atoms with Gasteiger partial charge in [-0.3, -0.25) is 9.56 Å². The summed E-state index contributed by atoms with van der Waals surface area (Å²) in [5, 5.41) is 10.5. The maximum Gasteiger partial charge on any atom is 0.212 e. The molecule has 5 heteroatoms. The van der Waals surface area contributed by atoms with E-state index in [0.29, 0.717) is 11.4 Å². The van der Waals surface area contributed by atoms with Crippen LogP contribution in [0.3, 0.4) is 0 Å². The van der Waals surface area contributed by atoms with Crippen LogP contribution < -0.4 is 4.80 Å². The zero-order valence-corrected chi connectivity index (χ0v) is 15.4. The minimum absolute atomic E-state index is 0.204. The first-order valence-corrected chi connectivity index (χ1v) is 9.03. The number of aliphatic imine (C=N–C) groups is 1. The lowest BCUT2D eigenvalue weighted by molar-refractivity contribution is 0.416. The summed E-state index contributed by atoms with van der Waals surface area (Å²) in [5.74, 6) is 0.204. The van der Waals surface area contributed by atoms with Crippen molar-refractivity contribution in [3.8, 4) is 5.88 Å². The second-order valence-electron chi connectivity index (χ2n) is 5.86. The van der Waals surface area contributed by atoms with Crippen LogP contribution in [-0.2, 0) is 6.54 Å². The zero-order valence-electron chi connectivity index (χ0n) is 14.6. The number of nitrogens with zero attached hydrogens (tertiary/aromatic N) is 3. The van der Waals surface area contributed by atoms with Crippen molar-refractivity contribution >= 4 is 28.9 Å². The van der Waals surface area contributed by atoms with Gasteiger partial charge in [0.25, 0.3) is 0 Å². The van der Waals surface area contributed by atoms with Gasteiger partial charge in [0, 0.05) is 6.54 Å². The summed E-state index contributed by atoms with van der Waals surface area (Å²) in [4.78, 5) is 10.6. The molecule has 0 spiro atoms. The molecule has 0 aliphatic carbocycles. The van der Waals surface area contributed by atoms with Crippen LogP contribution in [0.4, 0.5) is 11.4 Å². The number of rotatable bonds is 4. The summed E-state index contributed by atoms with van der Waals surface area (Å²) >= 11 is 1.43. The van der Waals surface area contributed by atoms with Crippen LogP contribution in [0.25, 0.3) is 0 Å². The van der Waals surface area contributed by atoms with Gasteiger partial charge in [-0.2, -0.15) is 0 Å². The third-order valence-corrected chi connectivity index (χ3v) is 4.79. The van der Waals surface area contributed by atoms with Crippen LogP contribution in [0, 0.1) is 13.8 Å². The molecule has 25 heavy (non-hydrogen) atoms. The molecular weight excluding hydrogens is 330 g/mol. The van der Waals surface area contributed by atoms with Gasteiger partial charge in [-0.15, -0.1) is 0 Å². The second kappa shape index (κ2) is 7.49. The Morgan fingerprint density at radius 1 is 1.04 bits per heavy atom. The van der Waals surface area contributed by atoms with Crippen LogP contribution in [0.1, 0.15) is 22.9 Å². The average Bonchev–Trinajstić information content (AvgIpc) is 2.88. The van der Waals surface area contributed by atoms with Gasteiger partial charge in [0.2, 0.25) is 5.88 Å². The van der Waals surface area contributed by atoms with Crippen LogP contribution in [0.15, 0.2) is 58.5 Å². The van der Waals surface area contributed by atoms with Crippen molar-refractivity contribution < 1.29 is 5.11 Å². The summed E-state index contributed by atoms with van der Waals surface area (Å²) in [6.07, 6.45) is 1.70. The first-order valence-electron chi connectivity index (χ1n) is 8.21. The Morgan fingerprint density at radius 3 is 2.32 bits per heavy atom. The SMILES string of the molecule is CCn1c(O)c(C=Nc2cccc(C)c2)sc1=Nc1cccc(C)c1. The second-order valence-corrected chi connectivity index (χ2v) is 6.87. The maximum atomic E-state index is 10.5. The van der Waals surface area contributed by atoms with Crippen LogP contribution >= 0.6 is 11.3 Å². The molecule has 128 valence electrons. The van der Waals surface area contributed by atoms with E-state index in [1.165, 1.54) is 11.3 Å². The van der Waals surface area contributed by atoms with E-state index in [9.17, 15) is 5.11 Å². The lowest BCUT2D eigenvalue weighted by atomic mass is 10.2. The van der Waals surface area contributed by atoms with Gasteiger partial charge in [0.1, 0.15) is 4.88 Å². The Labute approximate surface area is 151 Å². The molecule has 1 aromatic heterocycles. The highest BCUT2D eigenvalue weighted by atomic mass is 32.1. The molecule has 3 rings (SSSR count). The van der Waals surface area contributed by atoms with Gasteiger partial charge in [-0.25, -0.2) is 4.99 Å². The zero-order chi connectivity index (χ0) is 17.8. The fourth-order valence-electron chi connectivity index (χ4n) is 2.52. The first kappa shape index (κ1) is 17.2. The normalized spacial score (nSPS) is 12.2. The highest BCUT2D eigenvalue weighted by molar-refractivity contribution is 7.11. The van der Waals surface area contributed by atoms with Crippen molar-refractivity contribution in [2.45, 2.75) is 27.3 Å². The minimum atomic E-state index is 0.204. The van der Waals surface area contributed by atoms with E-state index >= 15 is 0 Å². The Bertz CT molecular complexity index is 983. The van der Waals surface area contributed by atoms with Crippen LogP contribution in [0.2, 0.25) is 0 Å². The fourth-order valence-corrected chi connectivity index (χ4v) is 3.50. The highest BCUT2D eigenvalue weighted by Gasteiger charge is 2.10. The molecular formula is C20H21N3OS. The predicted molar refractivity (Wildman–Crippen MR) is 104 cm³/mol. The molecule has 0 amide bonds. The molecule has 0 radical (unpaired) electrons. The van der Waals surface area contributed by atoms with E-state index in [0.717, 1.165) is 27.3 Å². The smallest absolute Gasteiger partial charge is 0.212 e. The molecule has 4 nitrogen and oxygen atoms in total. The summed E-state index contributed by atoms with van der Waals surface area (Å²) in [6.45, 7) is 6.71. The van der Waals surface area contributed by atoms with E-state index in [4.69, 9.17) is 0 Å². The third kappa shape index (κ3) is 4.06. The molecule has 0 saturated carbocycles. The van der Waals surface area contributed by atoms with Gasteiger partial charge >= 0.3 is 0 Å². The molecule has 1 N–H and O–H groups in total. The number of hydrogen-bond donors (Lipinski definition) is 1. The van der Waals surface area contributed by atoms with Crippen LogP contribution in [0.5, 0.6) is 5.88 Å². The molecule has 0 aliphatic heterocycles. The number of thiazole rings is 1. The van der Waals surface area contributed by atoms with Crippen molar-refractivity contribution in [1.82, 2.24) is 4.57 Å².